The summed E-state index contributed by atoms with van der Waals surface area (Å²) in [7, 11) is 0. The zero-order valence-corrected chi connectivity index (χ0v) is 27.2. The number of nitriles is 2. The molecule has 0 amide bonds. The fourth-order valence-corrected chi connectivity index (χ4v) is 8.29. The van der Waals surface area contributed by atoms with Crippen molar-refractivity contribution in [3.63, 3.8) is 0 Å². The van der Waals surface area contributed by atoms with Gasteiger partial charge >= 0.3 is 0 Å². The lowest BCUT2D eigenvalue weighted by Crippen LogP contribution is -2.58. The highest BCUT2D eigenvalue weighted by Gasteiger charge is 2.50. The number of benzene rings is 6. The second kappa shape index (κ2) is 12.2. The fourth-order valence-electron chi connectivity index (χ4n) is 8.29. The lowest BCUT2D eigenvalue weighted by molar-refractivity contribution is 0.289. The molecule has 0 saturated heterocycles. The van der Waals surface area contributed by atoms with E-state index in [1.165, 1.54) is 11.1 Å². The summed E-state index contributed by atoms with van der Waals surface area (Å²) in [5, 5.41) is 19.4. The second-order valence-corrected chi connectivity index (χ2v) is 13.1. The molecule has 3 aliphatic rings. The van der Waals surface area contributed by atoms with E-state index in [4.69, 9.17) is 9.47 Å². The summed E-state index contributed by atoms with van der Waals surface area (Å²) in [6.45, 7) is 0. The highest BCUT2D eigenvalue weighted by Crippen LogP contribution is 2.58. The largest absolute Gasteiger partial charge is 0.453 e. The third-order valence-corrected chi connectivity index (χ3v) is 10.4. The summed E-state index contributed by atoms with van der Waals surface area (Å²) in [5.74, 6) is 3.39. The molecule has 0 spiro atoms. The normalized spacial score (nSPS) is 20.0. The Morgan fingerprint density at radius 3 is 1.02 bits per heavy atom. The molecule has 2 aliphatic heterocycles. The fraction of sp³-hybridized carbons (Fsp3) is 0.136. The van der Waals surface area contributed by atoms with Crippen molar-refractivity contribution in [1.29, 1.82) is 10.5 Å². The van der Waals surface area contributed by atoms with Gasteiger partial charge < -0.3 is 19.3 Å². The molecule has 50 heavy (non-hydrogen) atoms. The van der Waals surface area contributed by atoms with Crippen molar-refractivity contribution in [3.05, 3.63) is 168 Å². The first-order valence-electron chi connectivity index (χ1n) is 17.0. The van der Waals surface area contributed by atoms with Gasteiger partial charge in [0.15, 0.2) is 23.0 Å². The Kier molecular flexibility index (Phi) is 7.22. The number of hydrogen-bond donors (Lipinski definition) is 0. The SMILES string of the molecule is N#Cc1ccc(C2CCC(c3ccc(C#N)cc3)C(N3c4ccccc4Oc4ccccc43)C2N2c3ccccc3Oc3ccccc32)cc1. The van der Waals surface area contributed by atoms with Crippen LogP contribution in [0.15, 0.2) is 146 Å². The number of ether oxygens (including phenoxy) is 2. The number of anilines is 4. The minimum absolute atomic E-state index is 0.0729. The third-order valence-electron chi connectivity index (χ3n) is 10.4. The standard InChI is InChI=1S/C44H32N4O2/c45-27-29-17-21-31(22-18-29)33-25-26-34(32-23-19-30(28-46)20-24-32)44(48-37-11-3-7-15-41(37)50-42-16-8-4-12-38(42)48)43(33)47-35-9-1-5-13-39(35)49-40-14-6-2-10-36(40)47/h1-24,33-34,43-44H,25-26H2. The molecular weight excluding hydrogens is 617 g/mol. The molecule has 0 aromatic heterocycles. The van der Waals surface area contributed by atoms with Gasteiger partial charge in [-0.1, -0.05) is 72.8 Å². The zero-order valence-electron chi connectivity index (χ0n) is 27.2. The molecular formula is C44H32N4O2. The van der Waals surface area contributed by atoms with Crippen molar-refractivity contribution < 1.29 is 9.47 Å². The predicted molar refractivity (Wildman–Crippen MR) is 195 cm³/mol. The van der Waals surface area contributed by atoms with Gasteiger partial charge in [-0.2, -0.15) is 10.5 Å². The summed E-state index contributed by atoms with van der Waals surface area (Å²) in [6, 6.07) is 53.9. The van der Waals surface area contributed by atoms with E-state index >= 15 is 0 Å². The Morgan fingerprint density at radius 2 is 0.720 bits per heavy atom. The van der Waals surface area contributed by atoms with Crippen molar-refractivity contribution in [1.82, 2.24) is 0 Å². The Balaban J connectivity index is 1.34. The van der Waals surface area contributed by atoms with Gasteiger partial charge in [0.05, 0.1) is 58.1 Å². The molecule has 4 unspecified atom stereocenters. The van der Waals surface area contributed by atoms with E-state index in [-0.39, 0.29) is 23.9 Å². The van der Waals surface area contributed by atoms with Crippen LogP contribution in [0.2, 0.25) is 0 Å². The number of nitrogens with zero attached hydrogens (tertiary/aromatic N) is 4. The summed E-state index contributed by atoms with van der Waals surface area (Å²) < 4.78 is 13.1. The summed E-state index contributed by atoms with van der Waals surface area (Å²) in [5.41, 5.74) is 7.70. The Labute approximate surface area is 291 Å². The Bertz CT molecular complexity index is 2050. The van der Waals surface area contributed by atoms with Crippen molar-refractivity contribution in [2.75, 3.05) is 9.80 Å². The van der Waals surface area contributed by atoms with Gasteiger partial charge in [-0.15, -0.1) is 0 Å². The first-order chi connectivity index (χ1) is 24.7. The van der Waals surface area contributed by atoms with Gasteiger partial charge in [-0.05, 0) is 96.8 Å². The average molecular weight is 649 g/mol. The quantitative estimate of drug-likeness (QED) is 0.189. The van der Waals surface area contributed by atoms with Crippen LogP contribution in [-0.4, -0.2) is 12.1 Å². The lowest BCUT2D eigenvalue weighted by Gasteiger charge is -2.55. The summed E-state index contributed by atoms with van der Waals surface area (Å²) >= 11 is 0. The molecule has 6 heteroatoms. The smallest absolute Gasteiger partial charge is 0.151 e. The first-order valence-corrected chi connectivity index (χ1v) is 17.0. The highest BCUT2D eigenvalue weighted by atomic mass is 16.5. The average Bonchev–Trinajstić information content (AvgIpc) is 3.18. The number of fused-ring (bicyclic) bond motifs is 4. The molecule has 1 saturated carbocycles. The molecule has 0 bridgehead atoms. The molecule has 1 aliphatic carbocycles. The number of para-hydroxylation sites is 8. The van der Waals surface area contributed by atoms with E-state index in [1.54, 1.807) is 0 Å². The van der Waals surface area contributed by atoms with E-state index in [0.717, 1.165) is 58.6 Å². The molecule has 1 fully saturated rings. The Morgan fingerprint density at radius 1 is 0.420 bits per heavy atom. The summed E-state index contributed by atoms with van der Waals surface area (Å²) in [4.78, 5) is 5.02. The van der Waals surface area contributed by atoms with Crippen LogP contribution in [0, 0.1) is 22.7 Å². The molecule has 9 rings (SSSR count). The van der Waals surface area contributed by atoms with Crippen LogP contribution in [-0.2, 0) is 0 Å². The van der Waals surface area contributed by atoms with E-state index in [2.05, 4.69) is 94.7 Å². The van der Waals surface area contributed by atoms with E-state index in [1.807, 2.05) is 72.8 Å². The molecule has 0 radical (unpaired) electrons. The van der Waals surface area contributed by atoms with Crippen molar-refractivity contribution in [3.8, 4) is 35.1 Å². The number of rotatable bonds is 4. The van der Waals surface area contributed by atoms with Crippen LogP contribution in [0.4, 0.5) is 22.7 Å². The first kappa shape index (κ1) is 29.6. The van der Waals surface area contributed by atoms with E-state index in [0.29, 0.717) is 11.1 Å². The maximum absolute atomic E-state index is 9.70. The van der Waals surface area contributed by atoms with Crippen LogP contribution < -0.4 is 19.3 Å². The maximum atomic E-state index is 9.70. The molecule has 6 aromatic rings. The van der Waals surface area contributed by atoms with Gasteiger partial charge in [0.2, 0.25) is 0 Å². The van der Waals surface area contributed by atoms with Gasteiger partial charge in [0.25, 0.3) is 0 Å². The van der Waals surface area contributed by atoms with Gasteiger partial charge in [-0.3, -0.25) is 0 Å². The zero-order chi connectivity index (χ0) is 33.6. The van der Waals surface area contributed by atoms with Gasteiger partial charge in [0, 0.05) is 11.8 Å². The number of hydrogen-bond acceptors (Lipinski definition) is 6. The van der Waals surface area contributed by atoms with E-state index in [9.17, 15) is 10.5 Å². The Hall–Kier alpha value is -6.50. The molecule has 6 nitrogen and oxygen atoms in total. The summed E-state index contributed by atoms with van der Waals surface area (Å²) in [6.07, 6.45) is 1.82. The van der Waals surface area contributed by atoms with Crippen LogP contribution in [0.1, 0.15) is 46.9 Å². The van der Waals surface area contributed by atoms with Crippen molar-refractivity contribution in [2.24, 2.45) is 0 Å². The monoisotopic (exact) mass is 648 g/mol. The minimum atomic E-state index is -0.122. The molecule has 6 aromatic carbocycles. The predicted octanol–water partition coefficient (Wildman–Crippen LogP) is 10.7. The van der Waals surface area contributed by atoms with Gasteiger partial charge in [-0.25, -0.2) is 0 Å². The van der Waals surface area contributed by atoms with Crippen molar-refractivity contribution >= 4 is 22.7 Å². The third kappa shape index (κ3) is 4.85. The molecule has 2 heterocycles. The van der Waals surface area contributed by atoms with Gasteiger partial charge in [0.1, 0.15) is 0 Å². The molecule has 0 N–H and O–H groups in total. The van der Waals surface area contributed by atoms with Crippen molar-refractivity contribution in [2.45, 2.75) is 36.8 Å². The van der Waals surface area contributed by atoms with Crippen LogP contribution >= 0.6 is 0 Å². The topological polar surface area (TPSA) is 72.5 Å². The van der Waals surface area contributed by atoms with Crippen LogP contribution in [0.3, 0.4) is 0 Å². The maximum Gasteiger partial charge on any atom is 0.151 e. The van der Waals surface area contributed by atoms with Crippen LogP contribution in [0.5, 0.6) is 23.0 Å². The molecule has 4 atom stereocenters. The minimum Gasteiger partial charge on any atom is -0.453 e. The van der Waals surface area contributed by atoms with Crippen LogP contribution in [0.25, 0.3) is 0 Å². The highest BCUT2D eigenvalue weighted by molar-refractivity contribution is 5.82. The second-order valence-electron chi connectivity index (χ2n) is 13.1. The van der Waals surface area contributed by atoms with E-state index < -0.39 is 0 Å². The molecule has 240 valence electrons. The lowest BCUT2D eigenvalue weighted by atomic mass is 9.67.